The second kappa shape index (κ2) is 6.25. The number of benzene rings is 2. The van der Waals surface area contributed by atoms with Gasteiger partial charge in [0.15, 0.2) is 0 Å². The molecule has 100 valence electrons. The van der Waals surface area contributed by atoms with Gasteiger partial charge >= 0.3 is 0 Å². The molecule has 3 nitrogen and oxygen atoms in total. The molecule has 0 aromatic heterocycles. The van der Waals surface area contributed by atoms with Gasteiger partial charge in [-0.2, -0.15) is 0 Å². The van der Waals surface area contributed by atoms with Crippen LogP contribution in [-0.2, 0) is 6.61 Å². The van der Waals surface area contributed by atoms with E-state index in [9.17, 15) is 5.11 Å². The second-order valence-corrected chi connectivity index (χ2v) is 4.35. The molecule has 0 heterocycles. The van der Waals surface area contributed by atoms with E-state index in [1.54, 1.807) is 20.1 Å². The van der Waals surface area contributed by atoms with E-state index in [1.807, 2.05) is 42.5 Å². The number of rotatable bonds is 5. The van der Waals surface area contributed by atoms with Crippen molar-refractivity contribution in [1.29, 1.82) is 0 Å². The molecule has 0 radical (unpaired) electrons. The lowest BCUT2D eigenvalue weighted by Gasteiger charge is -2.14. The number of aliphatic hydroxyl groups excluding tert-OH is 1. The number of methoxy groups -OCH3 is 1. The Morgan fingerprint density at radius 1 is 1.11 bits per heavy atom. The highest BCUT2D eigenvalue weighted by atomic mass is 16.5. The maximum Gasteiger partial charge on any atom is 0.129 e. The standard InChI is InChI=1S/C16H18O3/c1-12(17)15-9-8-14(18-2)10-16(15)19-11-13-6-4-3-5-7-13/h3-10,12,17H,11H2,1-2H3/t12-/m0/s1. The number of hydrogen-bond acceptors (Lipinski definition) is 3. The molecule has 0 aliphatic rings. The van der Waals surface area contributed by atoms with Crippen molar-refractivity contribution in [3.05, 3.63) is 59.7 Å². The molecular weight excluding hydrogens is 240 g/mol. The van der Waals surface area contributed by atoms with Crippen molar-refractivity contribution in [3.63, 3.8) is 0 Å². The molecule has 0 aliphatic carbocycles. The smallest absolute Gasteiger partial charge is 0.129 e. The third kappa shape index (κ3) is 3.48. The lowest BCUT2D eigenvalue weighted by molar-refractivity contribution is 0.190. The molecule has 0 saturated carbocycles. The summed E-state index contributed by atoms with van der Waals surface area (Å²) in [5.74, 6) is 1.37. The van der Waals surface area contributed by atoms with Gasteiger partial charge in [-0.05, 0) is 24.6 Å². The minimum Gasteiger partial charge on any atom is -0.497 e. The first-order valence-corrected chi connectivity index (χ1v) is 6.23. The van der Waals surface area contributed by atoms with Gasteiger partial charge in [0.05, 0.1) is 13.2 Å². The van der Waals surface area contributed by atoms with Crippen LogP contribution in [0.3, 0.4) is 0 Å². The molecule has 19 heavy (non-hydrogen) atoms. The molecule has 0 aliphatic heterocycles. The number of aliphatic hydroxyl groups is 1. The Morgan fingerprint density at radius 3 is 2.47 bits per heavy atom. The summed E-state index contributed by atoms with van der Waals surface area (Å²) in [5.41, 5.74) is 1.85. The van der Waals surface area contributed by atoms with Crippen LogP contribution in [0.4, 0.5) is 0 Å². The summed E-state index contributed by atoms with van der Waals surface area (Å²) in [4.78, 5) is 0. The molecule has 2 aromatic carbocycles. The van der Waals surface area contributed by atoms with Crippen molar-refractivity contribution in [1.82, 2.24) is 0 Å². The van der Waals surface area contributed by atoms with E-state index in [0.717, 1.165) is 11.1 Å². The molecular formula is C16H18O3. The summed E-state index contributed by atoms with van der Waals surface area (Å²) in [7, 11) is 1.61. The zero-order valence-corrected chi connectivity index (χ0v) is 11.2. The van der Waals surface area contributed by atoms with E-state index in [1.165, 1.54) is 0 Å². The van der Waals surface area contributed by atoms with Crippen LogP contribution in [0.2, 0.25) is 0 Å². The molecule has 1 atom stereocenters. The van der Waals surface area contributed by atoms with E-state index in [4.69, 9.17) is 9.47 Å². The van der Waals surface area contributed by atoms with E-state index in [0.29, 0.717) is 18.1 Å². The summed E-state index contributed by atoms with van der Waals surface area (Å²) < 4.78 is 11.0. The van der Waals surface area contributed by atoms with Crippen LogP contribution < -0.4 is 9.47 Å². The van der Waals surface area contributed by atoms with E-state index in [-0.39, 0.29) is 0 Å². The minimum atomic E-state index is -0.573. The van der Waals surface area contributed by atoms with Crippen molar-refractivity contribution >= 4 is 0 Å². The van der Waals surface area contributed by atoms with E-state index in [2.05, 4.69) is 0 Å². The van der Waals surface area contributed by atoms with Gasteiger partial charge in [-0.25, -0.2) is 0 Å². The van der Waals surface area contributed by atoms with Crippen LogP contribution in [0.5, 0.6) is 11.5 Å². The van der Waals surface area contributed by atoms with E-state index >= 15 is 0 Å². The van der Waals surface area contributed by atoms with Crippen molar-refractivity contribution < 1.29 is 14.6 Å². The van der Waals surface area contributed by atoms with Crippen LogP contribution in [0, 0.1) is 0 Å². The quantitative estimate of drug-likeness (QED) is 0.894. The fourth-order valence-corrected chi connectivity index (χ4v) is 1.85. The fourth-order valence-electron chi connectivity index (χ4n) is 1.85. The molecule has 2 aromatic rings. The third-order valence-electron chi connectivity index (χ3n) is 2.91. The Balaban J connectivity index is 2.18. The fraction of sp³-hybridized carbons (Fsp3) is 0.250. The molecule has 0 saturated heterocycles. The van der Waals surface area contributed by atoms with Crippen molar-refractivity contribution in [2.75, 3.05) is 7.11 Å². The van der Waals surface area contributed by atoms with Gasteiger partial charge in [-0.3, -0.25) is 0 Å². The first-order valence-electron chi connectivity index (χ1n) is 6.23. The molecule has 1 N–H and O–H groups in total. The van der Waals surface area contributed by atoms with Gasteiger partial charge in [-0.15, -0.1) is 0 Å². The van der Waals surface area contributed by atoms with Crippen LogP contribution in [0.15, 0.2) is 48.5 Å². The van der Waals surface area contributed by atoms with Crippen LogP contribution in [0.1, 0.15) is 24.2 Å². The van der Waals surface area contributed by atoms with Crippen molar-refractivity contribution in [2.24, 2.45) is 0 Å². The lowest BCUT2D eigenvalue weighted by atomic mass is 10.1. The first kappa shape index (κ1) is 13.4. The number of ether oxygens (including phenoxy) is 2. The Labute approximate surface area is 113 Å². The van der Waals surface area contributed by atoms with Gasteiger partial charge in [-0.1, -0.05) is 30.3 Å². The van der Waals surface area contributed by atoms with Crippen molar-refractivity contribution in [2.45, 2.75) is 19.6 Å². The maximum atomic E-state index is 9.74. The van der Waals surface area contributed by atoms with Gasteiger partial charge in [0.1, 0.15) is 18.1 Å². The Kier molecular flexibility index (Phi) is 4.42. The zero-order valence-electron chi connectivity index (χ0n) is 11.2. The van der Waals surface area contributed by atoms with Crippen LogP contribution in [0.25, 0.3) is 0 Å². The van der Waals surface area contributed by atoms with Crippen molar-refractivity contribution in [3.8, 4) is 11.5 Å². The predicted molar refractivity (Wildman–Crippen MR) is 74.4 cm³/mol. The molecule has 0 unspecified atom stereocenters. The largest absolute Gasteiger partial charge is 0.497 e. The molecule has 0 bridgehead atoms. The van der Waals surface area contributed by atoms with E-state index < -0.39 is 6.10 Å². The highest BCUT2D eigenvalue weighted by Gasteiger charge is 2.10. The molecule has 0 fully saturated rings. The minimum absolute atomic E-state index is 0.466. The number of hydrogen-bond donors (Lipinski definition) is 1. The van der Waals surface area contributed by atoms with Crippen LogP contribution >= 0.6 is 0 Å². The summed E-state index contributed by atoms with van der Waals surface area (Å²) >= 11 is 0. The summed E-state index contributed by atoms with van der Waals surface area (Å²) in [6, 6.07) is 15.4. The Hall–Kier alpha value is -2.00. The topological polar surface area (TPSA) is 38.7 Å². The molecule has 0 spiro atoms. The highest BCUT2D eigenvalue weighted by Crippen LogP contribution is 2.30. The third-order valence-corrected chi connectivity index (χ3v) is 2.91. The zero-order chi connectivity index (χ0) is 13.7. The normalized spacial score (nSPS) is 11.9. The molecule has 2 rings (SSSR count). The lowest BCUT2D eigenvalue weighted by Crippen LogP contribution is -2.01. The summed E-state index contributed by atoms with van der Waals surface area (Å²) in [5, 5.41) is 9.74. The van der Waals surface area contributed by atoms with Gasteiger partial charge in [0.25, 0.3) is 0 Å². The highest BCUT2D eigenvalue weighted by molar-refractivity contribution is 5.42. The Bertz CT molecular complexity index is 521. The summed E-state index contributed by atoms with van der Waals surface area (Å²) in [6.45, 7) is 2.19. The SMILES string of the molecule is COc1ccc([C@H](C)O)c(OCc2ccccc2)c1. The maximum absolute atomic E-state index is 9.74. The van der Waals surface area contributed by atoms with Gasteiger partial charge in [0, 0.05) is 11.6 Å². The molecule has 0 amide bonds. The molecule has 3 heteroatoms. The average Bonchev–Trinajstić information content (AvgIpc) is 2.45. The van der Waals surface area contributed by atoms with Gasteiger partial charge < -0.3 is 14.6 Å². The van der Waals surface area contributed by atoms with Gasteiger partial charge in [0.2, 0.25) is 0 Å². The monoisotopic (exact) mass is 258 g/mol. The summed E-state index contributed by atoms with van der Waals surface area (Å²) in [6.07, 6.45) is -0.573. The Morgan fingerprint density at radius 2 is 1.84 bits per heavy atom. The second-order valence-electron chi connectivity index (χ2n) is 4.35. The first-order chi connectivity index (χ1) is 9.20. The predicted octanol–water partition coefficient (Wildman–Crippen LogP) is 3.33. The average molecular weight is 258 g/mol. The van der Waals surface area contributed by atoms with Crippen LogP contribution in [-0.4, -0.2) is 12.2 Å².